The molecule has 0 aliphatic rings. The molecular weight excluding hydrogens is 246 g/mol. The van der Waals surface area contributed by atoms with Gasteiger partial charge in [0.25, 0.3) is 0 Å². The Kier molecular flexibility index (Phi) is 35.4. The lowest BCUT2D eigenvalue weighted by Crippen LogP contribution is -2.38. The topological polar surface area (TPSA) is 83.7 Å². The van der Waals surface area contributed by atoms with E-state index in [0.29, 0.717) is 6.29 Å². The van der Waals surface area contributed by atoms with Crippen molar-refractivity contribution in [1.82, 2.24) is 9.80 Å². The zero-order chi connectivity index (χ0) is 16.3. The minimum absolute atomic E-state index is 0.0910. The van der Waals surface area contributed by atoms with Crippen molar-refractivity contribution in [2.24, 2.45) is 5.73 Å². The largest absolute Gasteiger partial charge is 0.338 e. The fraction of sp³-hybridized carbons (Fsp3) is 0.769. The predicted molar refractivity (Wildman–Crippen MR) is 80.1 cm³/mol. The summed E-state index contributed by atoms with van der Waals surface area (Å²) in [5.74, 6) is -0.170. The maximum atomic E-state index is 11.2. The van der Waals surface area contributed by atoms with E-state index in [0.717, 1.165) is 6.29 Å². The van der Waals surface area contributed by atoms with Crippen LogP contribution in [0.1, 0.15) is 27.7 Å². The first-order valence-corrected chi connectivity index (χ1v) is 6.49. The molecule has 0 atom stereocenters. The summed E-state index contributed by atoms with van der Waals surface area (Å²) in [7, 11) is 4.71. The highest BCUT2D eigenvalue weighted by Crippen LogP contribution is 1.86. The Balaban J connectivity index is -0.000000163. The van der Waals surface area contributed by atoms with E-state index >= 15 is 0 Å². The van der Waals surface area contributed by atoms with Gasteiger partial charge in [-0.1, -0.05) is 27.7 Å². The van der Waals surface area contributed by atoms with Gasteiger partial charge in [-0.25, -0.2) is 0 Å². The highest BCUT2D eigenvalue weighted by atomic mass is 16.2. The summed E-state index contributed by atoms with van der Waals surface area (Å²) < 4.78 is 0. The Morgan fingerprint density at radius 3 is 1.63 bits per heavy atom. The zero-order valence-electron chi connectivity index (χ0n) is 13.5. The molecule has 0 aromatic rings. The van der Waals surface area contributed by atoms with E-state index in [4.69, 9.17) is 0 Å². The molecule has 0 rings (SSSR count). The summed E-state index contributed by atoms with van der Waals surface area (Å²) in [5.41, 5.74) is 4.50. The van der Waals surface area contributed by atoms with Crippen LogP contribution in [0.5, 0.6) is 0 Å². The normalized spacial score (nSPS) is 7.63. The highest BCUT2D eigenvalue weighted by molar-refractivity contribution is 5.80. The fourth-order valence-electron chi connectivity index (χ4n) is 0.757. The molecule has 6 nitrogen and oxygen atoms in total. The molecule has 0 saturated heterocycles. The van der Waals surface area contributed by atoms with Crippen LogP contribution in [0.2, 0.25) is 0 Å². The molecule has 0 spiro atoms. The van der Waals surface area contributed by atoms with E-state index in [9.17, 15) is 14.4 Å². The van der Waals surface area contributed by atoms with Gasteiger partial charge in [0.1, 0.15) is 12.6 Å². The summed E-state index contributed by atoms with van der Waals surface area (Å²) in [6, 6.07) is 0. The Labute approximate surface area is 117 Å². The molecule has 1 amide bonds. The lowest BCUT2D eigenvalue weighted by Gasteiger charge is -2.18. The third-order valence-corrected chi connectivity index (χ3v) is 1.57. The fourth-order valence-corrected chi connectivity index (χ4v) is 0.757. The summed E-state index contributed by atoms with van der Waals surface area (Å²) in [6.07, 6.45) is 1.39. The lowest BCUT2D eigenvalue weighted by atomic mass is 10.4. The molecule has 0 aromatic heterocycles. The van der Waals surface area contributed by atoms with Crippen molar-refractivity contribution in [3.8, 4) is 0 Å². The zero-order valence-corrected chi connectivity index (χ0v) is 13.5. The van der Waals surface area contributed by atoms with Gasteiger partial charge in [-0.15, -0.1) is 0 Å². The van der Waals surface area contributed by atoms with Crippen molar-refractivity contribution in [1.29, 1.82) is 0 Å². The minimum Gasteiger partial charge on any atom is -0.338 e. The number of amides is 1. The van der Waals surface area contributed by atoms with E-state index in [-0.39, 0.29) is 25.5 Å². The second-order valence-corrected chi connectivity index (χ2v) is 2.80. The Hall–Kier alpha value is -1.27. The molecule has 19 heavy (non-hydrogen) atoms. The summed E-state index contributed by atoms with van der Waals surface area (Å²) >= 11 is 0. The molecule has 0 unspecified atom stereocenters. The number of nitrogens with zero attached hydrogens (tertiary/aromatic N) is 2. The van der Waals surface area contributed by atoms with Crippen molar-refractivity contribution in [2.75, 3.05) is 40.8 Å². The minimum atomic E-state index is -0.170. The maximum absolute atomic E-state index is 11.2. The van der Waals surface area contributed by atoms with Gasteiger partial charge in [0.15, 0.2) is 0 Å². The van der Waals surface area contributed by atoms with E-state index < -0.39 is 0 Å². The van der Waals surface area contributed by atoms with Crippen LogP contribution in [0.4, 0.5) is 0 Å². The number of hydrogen-bond acceptors (Lipinski definition) is 5. The molecule has 0 fully saturated rings. The van der Waals surface area contributed by atoms with Gasteiger partial charge in [0.2, 0.25) is 5.91 Å². The monoisotopic (exact) mass is 277 g/mol. The third kappa shape index (κ3) is 22.4. The molecule has 0 radical (unpaired) electrons. The maximum Gasteiger partial charge on any atom is 0.236 e. The average Bonchev–Trinajstić information content (AvgIpc) is 2.46. The number of aldehydes is 2. The number of carbonyl (C=O) groups is 3. The SMILES string of the molecule is CC.CC.CN.CN(CC=O)CC(=O)N(C)CC=O. The standard InChI is InChI=1S/C8H14N2O3.2C2H6.CH5N/c1-9(3-5-11)7-8(13)10(2)4-6-12;3*1-2/h5-6H,3-4,7H2,1-2H3;2*1-2H3;2H2,1H3. The van der Waals surface area contributed by atoms with Crippen LogP contribution in [0.25, 0.3) is 0 Å². The van der Waals surface area contributed by atoms with Gasteiger partial charge in [0.05, 0.1) is 19.6 Å². The predicted octanol–water partition coefficient (Wildman–Crippen LogP) is 0.402. The van der Waals surface area contributed by atoms with Gasteiger partial charge in [-0.05, 0) is 14.1 Å². The molecule has 0 aliphatic carbocycles. The molecule has 2 N–H and O–H groups in total. The van der Waals surface area contributed by atoms with Crippen LogP contribution in [-0.4, -0.2) is 69.1 Å². The summed E-state index contributed by atoms with van der Waals surface area (Å²) in [4.78, 5) is 34.3. The van der Waals surface area contributed by atoms with Gasteiger partial charge in [-0.3, -0.25) is 9.69 Å². The van der Waals surface area contributed by atoms with Crippen LogP contribution in [0.15, 0.2) is 0 Å². The number of carbonyl (C=O) groups excluding carboxylic acids is 3. The molecule has 6 heteroatoms. The number of rotatable bonds is 6. The number of nitrogens with two attached hydrogens (primary N) is 1. The Bertz CT molecular complexity index is 200. The van der Waals surface area contributed by atoms with E-state index in [2.05, 4.69) is 5.73 Å². The highest BCUT2D eigenvalue weighted by Gasteiger charge is 2.10. The van der Waals surface area contributed by atoms with Crippen LogP contribution in [0, 0.1) is 0 Å². The van der Waals surface area contributed by atoms with Gasteiger partial charge < -0.3 is 20.2 Å². The van der Waals surface area contributed by atoms with Crippen molar-refractivity contribution in [3.05, 3.63) is 0 Å². The van der Waals surface area contributed by atoms with E-state index in [1.807, 2.05) is 27.7 Å². The lowest BCUT2D eigenvalue weighted by molar-refractivity contribution is -0.132. The molecule has 0 heterocycles. The van der Waals surface area contributed by atoms with Gasteiger partial charge >= 0.3 is 0 Å². The average molecular weight is 277 g/mol. The summed E-state index contributed by atoms with van der Waals surface area (Å²) in [6.45, 7) is 8.47. The third-order valence-electron chi connectivity index (χ3n) is 1.57. The first-order valence-electron chi connectivity index (χ1n) is 6.49. The Morgan fingerprint density at radius 1 is 0.947 bits per heavy atom. The second kappa shape index (κ2) is 25.5. The second-order valence-electron chi connectivity index (χ2n) is 2.80. The number of hydrogen-bond donors (Lipinski definition) is 1. The van der Waals surface area contributed by atoms with Crippen LogP contribution in [0.3, 0.4) is 0 Å². The smallest absolute Gasteiger partial charge is 0.236 e. The molecule has 0 aliphatic heterocycles. The van der Waals surface area contributed by atoms with Gasteiger partial charge in [0, 0.05) is 7.05 Å². The van der Waals surface area contributed by atoms with E-state index in [1.54, 1.807) is 19.0 Å². The molecular formula is C13H31N3O3. The molecule has 116 valence electrons. The van der Waals surface area contributed by atoms with Crippen LogP contribution < -0.4 is 5.73 Å². The first-order chi connectivity index (χ1) is 9.11. The van der Waals surface area contributed by atoms with Crippen molar-refractivity contribution >= 4 is 18.5 Å². The van der Waals surface area contributed by atoms with Crippen molar-refractivity contribution < 1.29 is 14.4 Å². The van der Waals surface area contributed by atoms with Crippen molar-refractivity contribution in [3.63, 3.8) is 0 Å². The van der Waals surface area contributed by atoms with Crippen molar-refractivity contribution in [2.45, 2.75) is 27.7 Å². The van der Waals surface area contributed by atoms with Gasteiger partial charge in [-0.2, -0.15) is 0 Å². The molecule has 0 bridgehead atoms. The quantitative estimate of drug-likeness (QED) is 0.711. The molecule has 0 saturated carbocycles. The molecule has 0 aromatic carbocycles. The summed E-state index contributed by atoms with van der Waals surface area (Å²) in [5, 5.41) is 0. The van der Waals surface area contributed by atoms with Crippen LogP contribution >= 0.6 is 0 Å². The van der Waals surface area contributed by atoms with Crippen LogP contribution in [-0.2, 0) is 14.4 Å². The number of likely N-dealkylation sites (N-methyl/N-ethyl adjacent to an activating group) is 2. The Morgan fingerprint density at radius 2 is 1.32 bits per heavy atom. The van der Waals surface area contributed by atoms with E-state index in [1.165, 1.54) is 11.9 Å². The first kappa shape index (κ1) is 26.3.